The van der Waals surface area contributed by atoms with E-state index in [0.717, 1.165) is 15.7 Å². The molecule has 0 radical (unpaired) electrons. The van der Waals surface area contributed by atoms with Crippen molar-refractivity contribution >= 4 is 28.5 Å². The van der Waals surface area contributed by atoms with Gasteiger partial charge in [-0.05, 0) is 41.0 Å². The van der Waals surface area contributed by atoms with Crippen LogP contribution in [0.5, 0.6) is 0 Å². The van der Waals surface area contributed by atoms with E-state index in [1.54, 1.807) is 6.07 Å². The van der Waals surface area contributed by atoms with E-state index in [-0.39, 0.29) is 17.0 Å². The molecule has 94 valence electrons. The summed E-state index contributed by atoms with van der Waals surface area (Å²) in [6.07, 6.45) is 0.751. The molecule has 0 spiro atoms. The Morgan fingerprint density at radius 1 is 1.53 bits per heavy atom. The summed E-state index contributed by atoms with van der Waals surface area (Å²) in [5.41, 5.74) is 0.742. The third kappa shape index (κ3) is 3.83. The molecule has 1 aromatic rings. The molecule has 0 fully saturated rings. The molecule has 0 aromatic carbocycles. The Kier molecular flexibility index (Phi) is 5.17. The lowest BCUT2D eigenvalue weighted by molar-refractivity contribution is 0.0947. The van der Waals surface area contributed by atoms with Gasteiger partial charge in [0.1, 0.15) is 5.56 Å². The molecule has 2 N–H and O–H groups in total. The lowest BCUT2D eigenvalue weighted by Gasteiger charge is -2.08. The first kappa shape index (κ1) is 14.2. The first-order valence-corrected chi connectivity index (χ1v) is 6.73. The van der Waals surface area contributed by atoms with E-state index in [9.17, 15) is 9.59 Å². The van der Waals surface area contributed by atoms with Gasteiger partial charge in [0.25, 0.3) is 11.5 Å². The summed E-state index contributed by atoms with van der Waals surface area (Å²) in [4.78, 5) is 26.2. The summed E-state index contributed by atoms with van der Waals surface area (Å²) in [5.74, 6) is 0.0625. The highest BCUT2D eigenvalue weighted by Crippen LogP contribution is 2.09. The van der Waals surface area contributed by atoms with Gasteiger partial charge in [0.15, 0.2) is 0 Å². The van der Waals surface area contributed by atoms with Crippen LogP contribution >= 0.6 is 22.6 Å². The maximum atomic E-state index is 11.8. The Balaban J connectivity index is 2.95. The van der Waals surface area contributed by atoms with Crippen LogP contribution in [0.4, 0.5) is 0 Å². The summed E-state index contributed by atoms with van der Waals surface area (Å²) in [7, 11) is 0. The number of hydrogen-bond acceptors (Lipinski definition) is 2. The number of halogens is 1. The molecule has 1 aromatic heterocycles. The second-order valence-electron chi connectivity index (χ2n) is 4.30. The number of rotatable bonds is 4. The van der Waals surface area contributed by atoms with Gasteiger partial charge in [0, 0.05) is 15.8 Å². The van der Waals surface area contributed by atoms with Crippen LogP contribution in [-0.2, 0) is 6.42 Å². The van der Waals surface area contributed by atoms with E-state index in [4.69, 9.17) is 0 Å². The molecule has 0 saturated carbocycles. The average molecular weight is 348 g/mol. The van der Waals surface area contributed by atoms with E-state index in [0.29, 0.717) is 12.5 Å². The van der Waals surface area contributed by atoms with Crippen molar-refractivity contribution in [3.8, 4) is 0 Å². The van der Waals surface area contributed by atoms with Crippen LogP contribution in [0, 0.1) is 9.49 Å². The maximum Gasteiger partial charge on any atom is 0.261 e. The zero-order valence-corrected chi connectivity index (χ0v) is 12.4. The highest BCUT2D eigenvalue weighted by Gasteiger charge is 2.13. The zero-order valence-electron chi connectivity index (χ0n) is 10.3. The van der Waals surface area contributed by atoms with Gasteiger partial charge in [-0.15, -0.1) is 0 Å². The largest absolute Gasteiger partial charge is 0.352 e. The first-order chi connectivity index (χ1) is 7.95. The summed E-state index contributed by atoms with van der Waals surface area (Å²) < 4.78 is 0.916. The summed E-state index contributed by atoms with van der Waals surface area (Å²) >= 11 is 2.13. The Morgan fingerprint density at radius 3 is 2.71 bits per heavy atom. The normalized spacial score (nSPS) is 10.6. The number of amides is 1. The van der Waals surface area contributed by atoms with Crippen molar-refractivity contribution in [1.82, 2.24) is 10.3 Å². The fourth-order valence-corrected chi connectivity index (χ4v) is 2.19. The Morgan fingerprint density at radius 2 is 2.18 bits per heavy atom. The second kappa shape index (κ2) is 6.18. The van der Waals surface area contributed by atoms with Gasteiger partial charge in [0.05, 0.1) is 0 Å². The molecule has 0 aliphatic rings. The van der Waals surface area contributed by atoms with Gasteiger partial charge >= 0.3 is 0 Å². The number of carbonyl (C=O) groups excluding carboxylic acids is 1. The van der Waals surface area contributed by atoms with Gasteiger partial charge in [-0.2, -0.15) is 0 Å². The number of hydrogen-bond donors (Lipinski definition) is 2. The third-order valence-corrected chi connectivity index (χ3v) is 3.30. The summed E-state index contributed by atoms with van der Waals surface area (Å²) in [6, 6.07) is 1.65. The van der Waals surface area contributed by atoms with E-state index < -0.39 is 0 Å². The molecule has 0 aliphatic heterocycles. The van der Waals surface area contributed by atoms with Crippen LogP contribution in [0.15, 0.2) is 10.9 Å². The molecule has 17 heavy (non-hydrogen) atoms. The van der Waals surface area contributed by atoms with Crippen LogP contribution in [-0.4, -0.2) is 17.4 Å². The minimum atomic E-state index is -0.316. The lowest BCUT2D eigenvalue weighted by atomic mass is 10.2. The standard InChI is InChI=1S/C12H17IN2O2/c1-4-10-9(13)5-8(12(17)15-10)11(16)14-6-7(2)3/h5,7H,4,6H2,1-3H3,(H,14,16)(H,15,17). The number of aromatic nitrogens is 1. The smallest absolute Gasteiger partial charge is 0.261 e. The van der Waals surface area contributed by atoms with Crippen molar-refractivity contribution in [3.63, 3.8) is 0 Å². The van der Waals surface area contributed by atoms with Crippen LogP contribution in [0.1, 0.15) is 36.8 Å². The van der Waals surface area contributed by atoms with Crippen molar-refractivity contribution in [1.29, 1.82) is 0 Å². The number of nitrogens with one attached hydrogen (secondary N) is 2. The fraction of sp³-hybridized carbons (Fsp3) is 0.500. The Hall–Kier alpha value is -0.850. The molecule has 1 rings (SSSR count). The predicted octanol–water partition coefficient (Wildman–Crippen LogP) is 1.93. The predicted molar refractivity (Wildman–Crippen MR) is 76.3 cm³/mol. The summed E-state index contributed by atoms with van der Waals surface area (Å²) in [5, 5.41) is 2.74. The highest BCUT2D eigenvalue weighted by atomic mass is 127. The molecular formula is C12H17IN2O2. The maximum absolute atomic E-state index is 11.8. The summed E-state index contributed by atoms with van der Waals surface area (Å²) in [6.45, 7) is 6.55. The molecule has 1 amide bonds. The molecule has 4 nitrogen and oxygen atoms in total. The van der Waals surface area contributed by atoms with Crippen molar-refractivity contribution in [2.75, 3.05) is 6.54 Å². The molecule has 1 heterocycles. The Bertz CT molecular complexity index is 466. The molecular weight excluding hydrogens is 331 g/mol. The average Bonchev–Trinajstić information content (AvgIpc) is 2.28. The molecule has 0 unspecified atom stereocenters. The monoisotopic (exact) mass is 348 g/mol. The second-order valence-corrected chi connectivity index (χ2v) is 5.46. The van der Waals surface area contributed by atoms with E-state index >= 15 is 0 Å². The number of aryl methyl sites for hydroxylation is 1. The molecule has 0 aliphatic carbocycles. The minimum absolute atomic E-state index is 0.187. The zero-order chi connectivity index (χ0) is 13.0. The quantitative estimate of drug-likeness (QED) is 0.817. The van der Waals surface area contributed by atoms with Crippen molar-refractivity contribution in [2.45, 2.75) is 27.2 Å². The van der Waals surface area contributed by atoms with Gasteiger partial charge in [-0.3, -0.25) is 9.59 Å². The van der Waals surface area contributed by atoms with Crippen molar-refractivity contribution < 1.29 is 4.79 Å². The SMILES string of the molecule is CCc1[nH]c(=O)c(C(=O)NCC(C)C)cc1I. The molecule has 5 heteroatoms. The van der Waals surface area contributed by atoms with Gasteiger partial charge in [0.2, 0.25) is 0 Å². The molecule has 0 saturated heterocycles. The number of aromatic amines is 1. The van der Waals surface area contributed by atoms with Crippen LogP contribution in [0.25, 0.3) is 0 Å². The minimum Gasteiger partial charge on any atom is -0.352 e. The van der Waals surface area contributed by atoms with Crippen molar-refractivity contribution in [2.24, 2.45) is 5.92 Å². The number of H-pyrrole nitrogens is 1. The van der Waals surface area contributed by atoms with Crippen LogP contribution < -0.4 is 10.9 Å². The first-order valence-electron chi connectivity index (χ1n) is 5.65. The van der Waals surface area contributed by atoms with Crippen LogP contribution in [0.3, 0.4) is 0 Å². The lowest BCUT2D eigenvalue weighted by Crippen LogP contribution is -2.32. The van der Waals surface area contributed by atoms with E-state index in [1.165, 1.54) is 0 Å². The van der Waals surface area contributed by atoms with Gasteiger partial charge in [-0.25, -0.2) is 0 Å². The fourth-order valence-electron chi connectivity index (χ4n) is 1.36. The third-order valence-electron chi connectivity index (χ3n) is 2.34. The van der Waals surface area contributed by atoms with Gasteiger partial charge in [-0.1, -0.05) is 20.8 Å². The van der Waals surface area contributed by atoms with Crippen molar-refractivity contribution in [3.05, 3.63) is 31.2 Å². The van der Waals surface area contributed by atoms with E-state index in [1.807, 2.05) is 20.8 Å². The molecule has 0 bridgehead atoms. The van der Waals surface area contributed by atoms with Gasteiger partial charge < -0.3 is 10.3 Å². The topological polar surface area (TPSA) is 62.0 Å². The number of carbonyl (C=O) groups is 1. The van der Waals surface area contributed by atoms with Crippen LogP contribution in [0.2, 0.25) is 0 Å². The number of pyridine rings is 1. The highest BCUT2D eigenvalue weighted by molar-refractivity contribution is 14.1. The Labute approximate surface area is 114 Å². The van der Waals surface area contributed by atoms with E-state index in [2.05, 4.69) is 32.9 Å². The molecule has 0 atom stereocenters.